The fraction of sp³-hybridized carbons (Fsp3) is 0.632. The quantitative estimate of drug-likeness (QED) is 0.771. The SMILES string of the molecule is Cc1nc2nc(N)nn2c(C)c1CCC(=O)O[C@@H](C)C(=O)N1CCC(C)CC1. The minimum Gasteiger partial charge on any atom is -0.453 e. The summed E-state index contributed by atoms with van der Waals surface area (Å²) in [6.07, 6.45) is 1.83. The Labute approximate surface area is 164 Å². The number of ether oxygens (including phenoxy) is 1. The fourth-order valence-corrected chi connectivity index (χ4v) is 3.61. The van der Waals surface area contributed by atoms with Crippen molar-refractivity contribution < 1.29 is 14.3 Å². The number of carbonyl (C=O) groups is 2. The van der Waals surface area contributed by atoms with E-state index >= 15 is 0 Å². The molecule has 2 aromatic rings. The molecule has 1 saturated heterocycles. The number of rotatable bonds is 5. The normalized spacial score (nSPS) is 16.4. The topological polar surface area (TPSA) is 116 Å². The van der Waals surface area contributed by atoms with Gasteiger partial charge in [0.2, 0.25) is 5.95 Å². The molecule has 1 fully saturated rings. The van der Waals surface area contributed by atoms with Crippen molar-refractivity contribution in [3.63, 3.8) is 0 Å². The molecule has 0 bridgehead atoms. The molecule has 0 aliphatic carbocycles. The molecule has 2 N–H and O–H groups in total. The summed E-state index contributed by atoms with van der Waals surface area (Å²) in [4.78, 5) is 35.0. The van der Waals surface area contributed by atoms with Gasteiger partial charge in [-0.2, -0.15) is 9.50 Å². The molecule has 9 nitrogen and oxygen atoms in total. The molecule has 0 radical (unpaired) electrons. The van der Waals surface area contributed by atoms with E-state index in [1.807, 2.05) is 13.8 Å². The number of nitrogen functional groups attached to an aromatic ring is 1. The number of esters is 1. The third-order valence-corrected chi connectivity index (χ3v) is 5.40. The summed E-state index contributed by atoms with van der Waals surface area (Å²) in [6, 6.07) is 0. The zero-order chi connectivity index (χ0) is 20.4. The zero-order valence-electron chi connectivity index (χ0n) is 16.9. The van der Waals surface area contributed by atoms with E-state index in [9.17, 15) is 9.59 Å². The molecule has 0 saturated carbocycles. The van der Waals surface area contributed by atoms with Crippen molar-refractivity contribution in [3.05, 3.63) is 17.0 Å². The summed E-state index contributed by atoms with van der Waals surface area (Å²) >= 11 is 0. The number of nitrogens with two attached hydrogens (primary N) is 1. The number of fused-ring (bicyclic) bond motifs is 1. The molecule has 2 aromatic heterocycles. The Morgan fingerprint density at radius 3 is 2.61 bits per heavy atom. The van der Waals surface area contributed by atoms with Crippen LogP contribution in [0.4, 0.5) is 5.95 Å². The van der Waals surface area contributed by atoms with E-state index in [4.69, 9.17) is 10.5 Å². The number of likely N-dealkylation sites (tertiary alicyclic amines) is 1. The van der Waals surface area contributed by atoms with Gasteiger partial charge in [0.1, 0.15) is 0 Å². The number of nitrogens with zero attached hydrogens (tertiary/aromatic N) is 5. The number of hydrogen-bond acceptors (Lipinski definition) is 7. The van der Waals surface area contributed by atoms with Crippen LogP contribution in [0.2, 0.25) is 0 Å². The van der Waals surface area contributed by atoms with Crippen molar-refractivity contribution in [1.82, 2.24) is 24.5 Å². The second kappa shape index (κ2) is 8.12. The summed E-state index contributed by atoms with van der Waals surface area (Å²) in [7, 11) is 0. The van der Waals surface area contributed by atoms with Gasteiger partial charge in [0.05, 0.1) is 0 Å². The van der Waals surface area contributed by atoms with Crippen molar-refractivity contribution in [1.29, 1.82) is 0 Å². The van der Waals surface area contributed by atoms with E-state index in [1.165, 1.54) is 0 Å². The highest BCUT2D eigenvalue weighted by Crippen LogP contribution is 2.18. The molecule has 0 unspecified atom stereocenters. The molecule has 1 atom stereocenters. The Morgan fingerprint density at radius 2 is 1.93 bits per heavy atom. The van der Waals surface area contributed by atoms with Crippen molar-refractivity contribution in [2.75, 3.05) is 18.8 Å². The first-order chi connectivity index (χ1) is 13.3. The van der Waals surface area contributed by atoms with Gasteiger partial charge in [0.25, 0.3) is 11.7 Å². The van der Waals surface area contributed by atoms with Gasteiger partial charge in [0, 0.05) is 30.9 Å². The van der Waals surface area contributed by atoms with Crippen molar-refractivity contribution in [3.8, 4) is 0 Å². The molecule has 3 heterocycles. The lowest BCUT2D eigenvalue weighted by molar-refractivity contribution is -0.159. The largest absolute Gasteiger partial charge is 0.453 e. The predicted molar refractivity (Wildman–Crippen MR) is 104 cm³/mol. The smallest absolute Gasteiger partial charge is 0.306 e. The van der Waals surface area contributed by atoms with Gasteiger partial charge >= 0.3 is 5.97 Å². The summed E-state index contributed by atoms with van der Waals surface area (Å²) < 4.78 is 6.96. The lowest BCUT2D eigenvalue weighted by Crippen LogP contribution is -2.44. The number of aromatic nitrogens is 4. The summed E-state index contributed by atoms with van der Waals surface area (Å²) in [5.74, 6) is 0.719. The van der Waals surface area contributed by atoms with Crippen LogP contribution in [0.25, 0.3) is 5.78 Å². The molecule has 3 rings (SSSR count). The Balaban J connectivity index is 1.58. The fourth-order valence-electron chi connectivity index (χ4n) is 3.61. The van der Waals surface area contributed by atoms with Crippen LogP contribution < -0.4 is 5.73 Å². The molecule has 1 aliphatic rings. The van der Waals surface area contributed by atoms with Crippen LogP contribution >= 0.6 is 0 Å². The van der Waals surface area contributed by atoms with Crippen LogP contribution in [0.3, 0.4) is 0 Å². The number of amides is 1. The van der Waals surface area contributed by atoms with Gasteiger partial charge in [-0.1, -0.05) is 6.92 Å². The first-order valence-corrected chi connectivity index (χ1v) is 9.73. The Hall–Kier alpha value is -2.71. The standard InChI is InChI=1S/C19H28N6O3/c1-11-7-9-24(10-8-11)17(27)14(4)28-16(26)6-5-15-12(2)21-19-22-18(20)23-25(19)13(15)3/h11,14H,5-10H2,1-4H3,(H2,20,23)/t14-/m0/s1. The average molecular weight is 388 g/mol. The Morgan fingerprint density at radius 1 is 1.25 bits per heavy atom. The van der Waals surface area contributed by atoms with Crippen LogP contribution in [0.1, 0.15) is 50.1 Å². The Bertz CT molecular complexity index is 885. The third kappa shape index (κ3) is 4.23. The zero-order valence-corrected chi connectivity index (χ0v) is 16.9. The second-order valence-corrected chi connectivity index (χ2v) is 7.58. The maximum absolute atomic E-state index is 12.5. The van der Waals surface area contributed by atoms with Crippen molar-refractivity contribution in [2.24, 2.45) is 5.92 Å². The number of carbonyl (C=O) groups excluding carboxylic acids is 2. The highest BCUT2D eigenvalue weighted by atomic mass is 16.5. The van der Waals surface area contributed by atoms with Crippen molar-refractivity contribution >= 4 is 23.6 Å². The minimum atomic E-state index is -0.765. The van der Waals surface area contributed by atoms with E-state index in [0.717, 1.165) is 42.9 Å². The number of anilines is 1. The molecular formula is C19H28N6O3. The predicted octanol–water partition coefficient (Wildman–Crippen LogP) is 1.45. The number of hydrogen-bond donors (Lipinski definition) is 1. The lowest BCUT2D eigenvalue weighted by atomic mass is 9.99. The van der Waals surface area contributed by atoms with E-state index in [2.05, 4.69) is 22.0 Å². The first kappa shape index (κ1) is 20.0. The van der Waals surface area contributed by atoms with Gasteiger partial charge in [-0.05, 0) is 51.5 Å². The molecule has 1 aliphatic heterocycles. The van der Waals surface area contributed by atoms with Crippen LogP contribution in [-0.2, 0) is 20.7 Å². The van der Waals surface area contributed by atoms with E-state index in [1.54, 1.807) is 16.3 Å². The maximum Gasteiger partial charge on any atom is 0.306 e. The molecule has 0 spiro atoms. The van der Waals surface area contributed by atoms with E-state index < -0.39 is 12.1 Å². The van der Waals surface area contributed by atoms with E-state index in [0.29, 0.717) is 18.1 Å². The molecule has 0 aromatic carbocycles. The minimum absolute atomic E-state index is 0.117. The molecule has 1 amide bonds. The van der Waals surface area contributed by atoms with Gasteiger partial charge in [-0.3, -0.25) is 9.59 Å². The molecular weight excluding hydrogens is 360 g/mol. The Kier molecular flexibility index (Phi) is 5.81. The maximum atomic E-state index is 12.5. The summed E-state index contributed by atoms with van der Waals surface area (Å²) in [5.41, 5.74) is 8.16. The van der Waals surface area contributed by atoms with Crippen LogP contribution in [0.5, 0.6) is 0 Å². The van der Waals surface area contributed by atoms with Gasteiger partial charge in [-0.15, -0.1) is 5.10 Å². The van der Waals surface area contributed by atoms with E-state index in [-0.39, 0.29) is 18.3 Å². The highest BCUT2D eigenvalue weighted by Gasteiger charge is 2.26. The van der Waals surface area contributed by atoms with Gasteiger partial charge in [0.15, 0.2) is 6.10 Å². The van der Waals surface area contributed by atoms with Crippen LogP contribution in [0.15, 0.2) is 0 Å². The highest BCUT2D eigenvalue weighted by molar-refractivity contribution is 5.83. The molecule has 152 valence electrons. The molecule has 28 heavy (non-hydrogen) atoms. The van der Waals surface area contributed by atoms with Crippen molar-refractivity contribution in [2.45, 2.75) is 59.5 Å². The summed E-state index contributed by atoms with van der Waals surface area (Å²) in [6.45, 7) is 9.04. The van der Waals surface area contributed by atoms with Crippen LogP contribution in [0, 0.1) is 19.8 Å². The monoisotopic (exact) mass is 388 g/mol. The van der Waals surface area contributed by atoms with Gasteiger partial charge < -0.3 is 15.4 Å². The third-order valence-electron chi connectivity index (χ3n) is 5.40. The first-order valence-electron chi connectivity index (χ1n) is 9.73. The second-order valence-electron chi connectivity index (χ2n) is 7.58. The number of piperidine rings is 1. The number of aryl methyl sites for hydroxylation is 2. The summed E-state index contributed by atoms with van der Waals surface area (Å²) in [5, 5.41) is 4.12. The average Bonchev–Trinajstić information content (AvgIpc) is 3.01. The lowest BCUT2D eigenvalue weighted by Gasteiger charge is -2.31. The molecule has 9 heteroatoms. The van der Waals surface area contributed by atoms with Gasteiger partial charge in [-0.25, -0.2) is 4.98 Å². The van der Waals surface area contributed by atoms with Crippen LogP contribution in [-0.4, -0.2) is 55.6 Å².